The summed E-state index contributed by atoms with van der Waals surface area (Å²) in [6.45, 7) is 0. The zero-order chi connectivity index (χ0) is 7.15. The summed E-state index contributed by atoms with van der Waals surface area (Å²) in [7, 11) is 0. The third kappa shape index (κ3) is 1030. The Hall–Kier alpha value is -0.548. The number of hydrogen-bond acceptors (Lipinski definition) is 6. The molecule has 0 fully saturated rings. The molecule has 10 heavy (non-hydrogen) atoms. The predicted molar refractivity (Wildman–Crippen MR) is 20.7 cm³/mol. The van der Waals surface area contributed by atoms with Gasteiger partial charge >= 0.3 is 34.4 Å². The molecule has 0 aromatic rings. The Kier molecular flexibility index (Phi) is 35.9. The van der Waals surface area contributed by atoms with Gasteiger partial charge in [0, 0.05) is 0 Å². The van der Waals surface area contributed by atoms with Crippen LogP contribution in [0, 0.1) is 30.6 Å². The van der Waals surface area contributed by atoms with Gasteiger partial charge in [0.15, 0.2) is 0 Å². The molecule has 0 heterocycles. The van der Waals surface area contributed by atoms with E-state index in [-0.39, 0.29) is 34.4 Å². The Morgan fingerprint density at radius 2 is 0.800 bits per heavy atom. The second kappa shape index (κ2) is 15.8. The molecule has 0 bridgehead atoms. The van der Waals surface area contributed by atoms with Crippen molar-refractivity contribution >= 4 is 0 Å². The molecule has 0 radical (unpaired) electrons. The quantitative estimate of drug-likeness (QED) is 0.318. The number of rotatable bonds is 0. The fourth-order valence-electron chi connectivity index (χ4n) is 0. The molecule has 0 aliphatic heterocycles. The van der Waals surface area contributed by atoms with Crippen LogP contribution in [0.25, 0.3) is 0 Å². The monoisotopic (exact) mass is 239 g/mol. The summed E-state index contributed by atoms with van der Waals surface area (Å²) in [6, 6.07) is 0. The van der Waals surface area contributed by atoms with E-state index in [9.17, 15) is 0 Å². The van der Waals surface area contributed by atoms with Crippen LogP contribution in [0.4, 0.5) is 0 Å². The minimum absolute atomic E-state index is 0. The van der Waals surface area contributed by atoms with Crippen LogP contribution in [0.1, 0.15) is 0 Å². The van der Waals surface area contributed by atoms with E-state index in [1.54, 1.807) is 0 Å². The average Bonchev–Trinajstić information content (AvgIpc) is 1.25. The van der Waals surface area contributed by atoms with E-state index < -0.39 is 10.2 Å². The van der Waals surface area contributed by atoms with E-state index in [1.165, 1.54) is 0 Å². The van der Waals surface area contributed by atoms with Gasteiger partial charge in [0.05, 0.1) is 10.2 Å². The smallest absolute Gasteiger partial charge is 0.356 e. The van der Waals surface area contributed by atoms with Gasteiger partial charge in [-0.2, -0.15) is 0 Å². The Morgan fingerprint density at radius 1 is 0.800 bits per heavy atom. The van der Waals surface area contributed by atoms with E-state index in [1.807, 2.05) is 0 Å². The van der Waals surface area contributed by atoms with Crippen molar-refractivity contribution < 1.29 is 44.6 Å². The summed E-state index contributed by atoms with van der Waals surface area (Å²) >= 11 is 0. The van der Waals surface area contributed by atoms with Crippen LogP contribution >= 0.6 is 0 Å². The van der Waals surface area contributed by atoms with Crippen LogP contribution in [0.3, 0.4) is 0 Å². The first-order valence-electron chi connectivity index (χ1n) is 1.10. The number of nitrogens with zero attached hydrogens (tertiary/aromatic N) is 2. The minimum atomic E-state index is -1.75. The zero-order valence-corrected chi connectivity index (χ0v) is 6.27. The van der Waals surface area contributed by atoms with E-state index in [0.29, 0.717) is 0 Å². The van der Waals surface area contributed by atoms with Gasteiger partial charge in [-0.25, -0.2) is 0 Å². The molecule has 8 nitrogen and oxygen atoms in total. The van der Waals surface area contributed by atoms with E-state index in [4.69, 9.17) is 30.6 Å². The van der Waals surface area contributed by atoms with Crippen LogP contribution in [-0.2, 0) is 34.4 Å². The van der Waals surface area contributed by atoms with Gasteiger partial charge in [-0.05, 0) is 0 Å². The van der Waals surface area contributed by atoms with Gasteiger partial charge < -0.3 is 30.6 Å². The summed E-state index contributed by atoms with van der Waals surface area (Å²) in [4.78, 5) is 16.5. The SMILES string of the molecule is O=[N+]([O-])[O-].O=[N+]([O-])[O-].[Cr+2].[Cu+]. The van der Waals surface area contributed by atoms with Crippen molar-refractivity contribution in [3.63, 3.8) is 0 Å². The van der Waals surface area contributed by atoms with Crippen molar-refractivity contribution in [2.75, 3.05) is 0 Å². The molecular weight excluding hydrogens is 240 g/mol. The van der Waals surface area contributed by atoms with Crippen molar-refractivity contribution in [2.24, 2.45) is 0 Å². The topological polar surface area (TPSA) is 132 Å². The van der Waals surface area contributed by atoms with E-state index >= 15 is 0 Å². The predicted octanol–water partition coefficient (Wildman–Crippen LogP) is -0.483. The minimum Gasteiger partial charge on any atom is -0.356 e. The molecule has 0 rings (SSSR count). The molecule has 0 saturated heterocycles. The van der Waals surface area contributed by atoms with Crippen LogP contribution in [0.15, 0.2) is 0 Å². The van der Waals surface area contributed by atoms with E-state index in [0.717, 1.165) is 0 Å². The largest absolute Gasteiger partial charge is 2.00 e. The first-order chi connectivity index (χ1) is 3.46. The maximum atomic E-state index is 8.25. The fraction of sp³-hybridized carbons (Fsp3) is 0. The fourth-order valence-corrected chi connectivity index (χ4v) is 0. The Balaban J connectivity index is -0.0000000300. The van der Waals surface area contributed by atoms with Gasteiger partial charge in [-0.1, -0.05) is 0 Å². The van der Waals surface area contributed by atoms with Gasteiger partial charge in [0.2, 0.25) is 0 Å². The summed E-state index contributed by atoms with van der Waals surface area (Å²) in [6.07, 6.45) is 0. The zero-order valence-electron chi connectivity index (χ0n) is 4.05. The molecule has 0 unspecified atom stereocenters. The van der Waals surface area contributed by atoms with Gasteiger partial charge in [-0.3, -0.25) is 0 Å². The Bertz CT molecular complexity index is 73.7. The molecule has 0 saturated carbocycles. The van der Waals surface area contributed by atoms with Crippen molar-refractivity contribution in [2.45, 2.75) is 0 Å². The molecule has 0 aliphatic carbocycles. The summed E-state index contributed by atoms with van der Waals surface area (Å²) in [5.41, 5.74) is 0. The molecule has 0 atom stereocenters. The third-order valence-corrected chi connectivity index (χ3v) is 0. The molecule has 0 amide bonds. The van der Waals surface area contributed by atoms with Crippen molar-refractivity contribution in [1.29, 1.82) is 0 Å². The molecule has 0 aromatic carbocycles. The van der Waals surface area contributed by atoms with Crippen molar-refractivity contribution in [3.05, 3.63) is 30.6 Å². The molecule has 0 spiro atoms. The number of hydrogen-bond donors (Lipinski definition) is 0. The standard InChI is InChI=1S/Cr.Cu.2NO3/c;;2*2-1(3)4/q+2;+1;2*-1. The van der Waals surface area contributed by atoms with Crippen molar-refractivity contribution in [1.82, 2.24) is 0 Å². The molecular formula is CrCuN2O6+. The molecule has 0 N–H and O–H groups in total. The summed E-state index contributed by atoms with van der Waals surface area (Å²) in [5.74, 6) is 0. The van der Waals surface area contributed by atoms with Gasteiger partial charge in [0.1, 0.15) is 0 Å². The molecule has 62 valence electrons. The first kappa shape index (κ1) is 22.7. The second-order valence-electron chi connectivity index (χ2n) is 0.447. The average molecular weight is 240 g/mol. The first-order valence-corrected chi connectivity index (χ1v) is 1.10. The second-order valence-corrected chi connectivity index (χ2v) is 0.447. The van der Waals surface area contributed by atoms with E-state index in [2.05, 4.69) is 0 Å². The van der Waals surface area contributed by atoms with Crippen LogP contribution in [0.5, 0.6) is 0 Å². The maximum absolute atomic E-state index is 8.25. The molecule has 0 aromatic heterocycles. The molecule has 0 aliphatic rings. The molecule has 10 heteroatoms. The van der Waals surface area contributed by atoms with Crippen molar-refractivity contribution in [3.8, 4) is 0 Å². The summed E-state index contributed by atoms with van der Waals surface area (Å²) < 4.78 is 0. The summed E-state index contributed by atoms with van der Waals surface area (Å²) in [5, 5.41) is 29.5. The Labute approximate surface area is 75.7 Å². The Morgan fingerprint density at radius 3 is 0.800 bits per heavy atom. The van der Waals surface area contributed by atoms with Crippen LogP contribution < -0.4 is 0 Å². The maximum Gasteiger partial charge on any atom is 2.00 e. The third-order valence-electron chi connectivity index (χ3n) is 0. The van der Waals surface area contributed by atoms with Crippen LogP contribution in [0.2, 0.25) is 0 Å². The van der Waals surface area contributed by atoms with Gasteiger partial charge in [-0.15, -0.1) is 0 Å². The van der Waals surface area contributed by atoms with Gasteiger partial charge in [0.25, 0.3) is 0 Å². The normalized spacial score (nSPS) is 4.80. The van der Waals surface area contributed by atoms with Crippen LogP contribution in [-0.4, -0.2) is 10.2 Å².